The summed E-state index contributed by atoms with van der Waals surface area (Å²) in [5.41, 5.74) is 7.89. The molecule has 0 unspecified atom stereocenters. The molecule has 0 saturated heterocycles. The number of hydrogen-bond acceptors (Lipinski definition) is 2. The highest BCUT2D eigenvalue weighted by Crippen LogP contribution is 2.27. The second-order valence-corrected chi connectivity index (χ2v) is 5.34. The minimum absolute atomic E-state index is 0.0693. The average molecular weight is 330 g/mol. The molecule has 3 heteroatoms. The number of halogens is 1. The lowest BCUT2D eigenvalue weighted by atomic mass is 10.1. The van der Waals surface area contributed by atoms with Gasteiger partial charge in [0.2, 0.25) is 0 Å². The van der Waals surface area contributed by atoms with Gasteiger partial charge in [-0.3, -0.25) is 0 Å². The van der Waals surface area contributed by atoms with Gasteiger partial charge in [0.15, 0.2) is 0 Å². The largest absolute Gasteiger partial charge is 0.481 e. The van der Waals surface area contributed by atoms with E-state index in [1.54, 1.807) is 0 Å². The Labute approximate surface area is 128 Å². The Morgan fingerprint density at radius 1 is 1.20 bits per heavy atom. The molecule has 0 amide bonds. The zero-order chi connectivity index (χ0) is 14.4. The van der Waals surface area contributed by atoms with E-state index in [4.69, 9.17) is 10.5 Å². The van der Waals surface area contributed by atoms with Crippen molar-refractivity contribution in [2.75, 3.05) is 6.61 Å². The van der Waals surface area contributed by atoms with Gasteiger partial charge in [0.1, 0.15) is 12.4 Å². The summed E-state index contributed by atoms with van der Waals surface area (Å²) in [6, 6.07) is 15.6. The molecular weight excluding hydrogens is 314 g/mol. The monoisotopic (exact) mass is 329 g/mol. The van der Waals surface area contributed by atoms with Crippen LogP contribution in [0.25, 0.3) is 0 Å². The molecule has 102 valence electrons. The van der Waals surface area contributed by atoms with Gasteiger partial charge in [0, 0.05) is 21.6 Å². The predicted molar refractivity (Wildman–Crippen MR) is 85.6 cm³/mol. The Balaban J connectivity index is 2.05. The first-order chi connectivity index (χ1) is 9.66. The van der Waals surface area contributed by atoms with Crippen molar-refractivity contribution in [1.82, 2.24) is 0 Å². The summed E-state index contributed by atoms with van der Waals surface area (Å²) in [6.07, 6.45) is 0. The number of benzene rings is 2. The zero-order valence-electron chi connectivity index (χ0n) is 11.3. The Bertz CT molecular complexity index is 626. The van der Waals surface area contributed by atoms with Gasteiger partial charge in [-0.25, -0.2) is 0 Å². The summed E-state index contributed by atoms with van der Waals surface area (Å²) in [4.78, 5) is 0. The third-order valence-electron chi connectivity index (χ3n) is 2.77. The lowest BCUT2D eigenvalue weighted by Gasteiger charge is -2.12. The van der Waals surface area contributed by atoms with Crippen LogP contribution >= 0.6 is 15.9 Å². The third kappa shape index (κ3) is 4.12. The van der Waals surface area contributed by atoms with Crippen molar-refractivity contribution in [2.45, 2.75) is 13.0 Å². The van der Waals surface area contributed by atoms with Crippen LogP contribution in [0, 0.1) is 11.8 Å². The van der Waals surface area contributed by atoms with Crippen LogP contribution in [0.15, 0.2) is 53.0 Å². The van der Waals surface area contributed by atoms with Crippen molar-refractivity contribution in [2.24, 2.45) is 5.73 Å². The van der Waals surface area contributed by atoms with Crippen LogP contribution in [0.4, 0.5) is 0 Å². The minimum atomic E-state index is -0.0693. The maximum atomic E-state index is 5.93. The second kappa shape index (κ2) is 7.14. The number of ether oxygens (including phenoxy) is 1. The highest BCUT2D eigenvalue weighted by molar-refractivity contribution is 9.10. The number of nitrogens with two attached hydrogens (primary N) is 1. The molecule has 2 nitrogen and oxygen atoms in total. The summed E-state index contributed by atoms with van der Waals surface area (Å²) in [5, 5.41) is 0. The zero-order valence-corrected chi connectivity index (χ0v) is 12.9. The van der Waals surface area contributed by atoms with E-state index in [2.05, 4.69) is 27.8 Å². The minimum Gasteiger partial charge on any atom is -0.481 e. The first-order valence-electron chi connectivity index (χ1n) is 6.38. The van der Waals surface area contributed by atoms with Gasteiger partial charge in [-0.05, 0) is 31.2 Å². The molecule has 2 aromatic carbocycles. The smallest absolute Gasteiger partial charge is 0.149 e. The van der Waals surface area contributed by atoms with Crippen LogP contribution in [0.3, 0.4) is 0 Å². The molecule has 0 spiro atoms. The van der Waals surface area contributed by atoms with Gasteiger partial charge in [-0.15, -0.1) is 0 Å². The lowest BCUT2D eigenvalue weighted by molar-refractivity contribution is 0.363. The van der Waals surface area contributed by atoms with Gasteiger partial charge in [0.25, 0.3) is 0 Å². The summed E-state index contributed by atoms with van der Waals surface area (Å²) < 4.78 is 6.68. The van der Waals surface area contributed by atoms with Crippen molar-refractivity contribution in [1.29, 1.82) is 0 Å². The molecule has 0 aromatic heterocycles. The maximum Gasteiger partial charge on any atom is 0.149 e. The molecule has 0 heterocycles. The maximum absolute atomic E-state index is 5.93. The number of rotatable bonds is 3. The standard InChI is InChI=1S/C17H16BrNO/c1-13(19)16-10-9-15(18)12-17(16)20-11-5-8-14-6-3-2-4-7-14/h2-4,6-7,9-10,12-13H,11,19H2,1H3/t13-/m1/s1. The van der Waals surface area contributed by atoms with E-state index < -0.39 is 0 Å². The fourth-order valence-corrected chi connectivity index (χ4v) is 2.12. The first-order valence-corrected chi connectivity index (χ1v) is 7.18. The molecule has 0 aliphatic heterocycles. The van der Waals surface area contributed by atoms with Crippen molar-refractivity contribution in [3.63, 3.8) is 0 Å². The molecule has 2 rings (SSSR count). The van der Waals surface area contributed by atoms with Crippen LogP contribution in [0.2, 0.25) is 0 Å². The Kier molecular flexibility index (Phi) is 5.23. The van der Waals surface area contributed by atoms with Gasteiger partial charge >= 0.3 is 0 Å². The molecule has 0 radical (unpaired) electrons. The summed E-state index contributed by atoms with van der Waals surface area (Å²) in [6.45, 7) is 2.27. The van der Waals surface area contributed by atoms with E-state index in [-0.39, 0.29) is 6.04 Å². The molecule has 0 saturated carbocycles. The molecule has 0 aliphatic rings. The van der Waals surface area contributed by atoms with Crippen LogP contribution in [-0.2, 0) is 0 Å². The average Bonchev–Trinajstić information content (AvgIpc) is 2.44. The fraction of sp³-hybridized carbons (Fsp3) is 0.176. The van der Waals surface area contributed by atoms with Gasteiger partial charge in [0.05, 0.1) is 0 Å². The third-order valence-corrected chi connectivity index (χ3v) is 3.27. The van der Waals surface area contributed by atoms with E-state index in [1.165, 1.54) is 0 Å². The first kappa shape index (κ1) is 14.6. The fourth-order valence-electron chi connectivity index (χ4n) is 1.78. The Morgan fingerprint density at radius 3 is 2.65 bits per heavy atom. The van der Waals surface area contributed by atoms with E-state index in [0.29, 0.717) is 6.61 Å². The molecule has 2 aromatic rings. The quantitative estimate of drug-likeness (QED) is 0.867. The van der Waals surface area contributed by atoms with Gasteiger partial charge < -0.3 is 10.5 Å². The van der Waals surface area contributed by atoms with E-state index in [0.717, 1.165) is 21.3 Å². The Hall–Kier alpha value is -1.76. The van der Waals surface area contributed by atoms with Crippen LogP contribution in [0.1, 0.15) is 24.1 Å². The van der Waals surface area contributed by atoms with Crippen molar-refractivity contribution < 1.29 is 4.74 Å². The molecule has 0 aliphatic carbocycles. The highest BCUT2D eigenvalue weighted by Gasteiger charge is 2.08. The lowest BCUT2D eigenvalue weighted by Crippen LogP contribution is -2.08. The topological polar surface area (TPSA) is 35.2 Å². The van der Waals surface area contributed by atoms with Crippen LogP contribution in [-0.4, -0.2) is 6.61 Å². The van der Waals surface area contributed by atoms with Gasteiger partial charge in [-0.2, -0.15) is 0 Å². The van der Waals surface area contributed by atoms with Crippen LogP contribution < -0.4 is 10.5 Å². The van der Waals surface area contributed by atoms with Gasteiger partial charge in [-0.1, -0.05) is 52.0 Å². The SMILES string of the molecule is C[C@@H](N)c1ccc(Br)cc1OCC#Cc1ccccc1. The molecule has 2 N–H and O–H groups in total. The van der Waals surface area contributed by atoms with Crippen molar-refractivity contribution in [3.05, 3.63) is 64.1 Å². The molecule has 0 bridgehead atoms. The van der Waals surface area contributed by atoms with E-state index in [9.17, 15) is 0 Å². The van der Waals surface area contributed by atoms with Crippen LogP contribution in [0.5, 0.6) is 5.75 Å². The molecular formula is C17H16BrNO. The van der Waals surface area contributed by atoms with E-state index >= 15 is 0 Å². The highest BCUT2D eigenvalue weighted by atomic mass is 79.9. The summed E-state index contributed by atoms with van der Waals surface area (Å²) in [7, 11) is 0. The Morgan fingerprint density at radius 2 is 1.95 bits per heavy atom. The van der Waals surface area contributed by atoms with Crippen molar-refractivity contribution >= 4 is 15.9 Å². The molecule has 1 atom stereocenters. The second-order valence-electron chi connectivity index (χ2n) is 4.43. The van der Waals surface area contributed by atoms with Crippen molar-refractivity contribution in [3.8, 4) is 17.6 Å². The van der Waals surface area contributed by atoms with E-state index in [1.807, 2.05) is 55.5 Å². The molecule has 20 heavy (non-hydrogen) atoms. The summed E-state index contributed by atoms with van der Waals surface area (Å²) in [5.74, 6) is 6.84. The summed E-state index contributed by atoms with van der Waals surface area (Å²) >= 11 is 3.43. The molecule has 0 fully saturated rings. The predicted octanol–water partition coefficient (Wildman–Crippen LogP) is 3.90. The normalized spacial score (nSPS) is 11.3. The number of hydrogen-bond donors (Lipinski definition) is 1.